The SMILES string of the molecule is Cc1cc(-c2nc3nc(N(C)C)ccc3[nH]2)ccc1F. The number of pyridine rings is 1. The van der Waals surface area contributed by atoms with Crippen LogP contribution in [0.5, 0.6) is 0 Å². The Morgan fingerprint density at radius 2 is 1.90 bits per heavy atom. The first-order chi connectivity index (χ1) is 9.54. The van der Waals surface area contributed by atoms with Crippen LogP contribution in [-0.2, 0) is 0 Å². The van der Waals surface area contributed by atoms with Gasteiger partial charge in [0.1, 0.15) is 17.5 Å². The van der Waals surface area contributed by atoms with Gasteiger partial charge >= 0.3 is 0 Å². The third-order valence-corrected chi connectivity index (χ3v) is 3.22. The molecule has 5 heteroatoms. The third kappa shape index (κ3) is 2.11. The molecule has 0 radical (unpaired) electrons. The van der Waals surface area contributed by atoms with Gasteiger partial charge in [0.25, 0.3) is 0 Å². The van der Waals surface area contributed by atoms with Gasteiger partial charge in [0.15, 0.2) is 5.65 Å². The molecular formula is C15H15FN4. The highest BCUT2D eigenvalue weighted by molar-refractivity contribution is 5.77. The number of nitrogens with one attached hydrogen (secondary N) is 1. The van der Waals surface area contributed by atoms with Gasteiger partial charge in [0.05, 0.1) is 5.52 Å². The molecule has 0 aliphatic rings. The van der Waals surface area contributed by atoms with Gasteiger partial charge in [-0.2, -0.15) is 0 Å². The number of halogens is 1. The van der Waals surface area contributed by atoms with Gasteiger partial charge in [-0.05, 0) is 42.8 Å². The molecule has 0 saturated carbocycles. The third-order valence-electron chi connectivity index (χ3n) is 3.22. The summed E-state index contributed by atoms with van der Waals surface area (Å²) in [5.41, 5.74) is 2.99. The zero-order valence-corrected chi connectivity index (χ0v) is 11.6. The molecule has 0 aliphatic heterocycles. The molecular weight excluding hydrogens is 255 g/mol. The summed E-state index contributed by atoms with van der Waals surface area (Å²) in [6, 6.07) is 8.83. The smallest absolute Gasteiger partial charge is 0.180 e. The first-order valence-corrected chi connectivity index (χ1v) is 6.35. The van der Waals surface area contributed by atoms with E-state index in [1.54, 1.807) is 19.1 Å². The first-order valence-electron chi connectivity index (χ1n) is 6.35. The molecule has 20 heavy (non-hydrogen) atoms. The van der Waals surface area contributed by atoms with Crippen LogP contribution in [0, 0.1) is 12.7 Å². The fourth-order valence-corrected chi connectivity index (χ4v) is 2.06. The number of anilines is 1. The molecule has 0 spiro atoms. The largest absolute Gasteiger partial charge is 0.363 e. The van der Waals surface area contributed by atoms with E-state index in [1.165, 1.54) is 6.07 Å². The number of rotatable bonds is 2. The summed E-state index contributed by atoms with van der Waals surface area (Å²) in [5, 5.41) is 0. The van der Waals surface area contributed by atoms with E-state index in [0.717, 1.165) is 16.9 Å². The minimum atomic E-state index is -0.210. The van der Waals surface area contributed by atoms with Gasteiger partial charge in [-0.3, -0.25) is 0 Å². The van der Waals surface area contributed by atoms with Gasteiger partial charge in [0, 0.05) is 19.7 Å². The van der Waals surface area contributed by atoms with Crippen molar-refractivity contribution in [1.29, 1.82) is 0 Å². The second-order valence-corrected chi connectivity index (χ2v) is 4.98. The number of imidazole rings is 1. The normalized spacial score (nSPS) is 11.0. The maximum Gasteiger partial charge on any atom is 0.180 e. The quantitative estimate of drug-likeness (QED) is 0.778. The highest BCUT2D eigenvalue weighted by Crippen LogP contribution is 2.22. The predicted molar refractivity (Wildman–Crippen MR) is 78.3 cm³/mol. The minimum absolute atomic E-state index is 0.210. The van der Waals surface area contributed by atoms with Crippen molar-refractivity contribution in [2.45, 2.75) is 6.92 Å². The standard InChI is InChI=1S/C15H15FN4/c1-9-8-10(4-5-11(9)16)14-17-12-6-7-13(20(2)3)18-15(12)19-14/h4-8H,1-3H3,(H,17,18,19). The predicted octanol–water partition coefficient (Wildman–Crippen LogP) is 3.14. The number of hydrogen-bond acceptors (Lipinski definition) is 3. The maximum absolute atomic E-state index is 13.3. The number of aromatic nitrogens is 3. The summed E-state index contributed by atoms with van der Waals surface area (Å²) in [7, 11) is 3.87. The molecule has 0 unspecified atom stereocenters. The number of nitrogens with zero attached hydrogens (tertiary/aromatic N) is 3. The number of hydrogen-bond donors (Lipinski definition) is 1. The molecule has 102 valence electrons. The maximum atomic E-state index is 13.3. The van der Waals surface area contributed by atoms with Gasteiger partial charge in [-0.15, -0.1) is 0 Å². The minimum Gasteiger partial charge on any atom is -0.363 e. The Balaban J connectivity index is 2.10. The summed E-state index contributed by atoms with van der Waals surface area (Å²) >= 11 is 0. The average Bonchev–Trinajstić information content (AvgIpc) is 2.84. The van der Waals surface area contributed by atoms with Gasteiger partial charge in [-0.1, -0.05) is 0 Å². The van der Waals surface area contributed by atoms with E-state index >= 15 is 0 Å². The average molecular weight is 270 g/mol. The van der Waals surface area contributed by atoms with Crippen LogP contribution in [0.3, 0.4) is 0 Å². The number of fused-ring (bicyclic) bond motifs is 1. The van der Waals surface area contributed by atoms with Gasteiger partial charge in [-0.25, -0.2) is 14.4 Å². The first kappa shape index (κ1) is 12.6. The zero-order chi connectivity index (χ0) is 14.3. The van der Waals surface area contributed by atoms with Crippen molar-refractivity contribution in [2.24, 2.45) is 0 Å². The van der Waals surface area contributed by atoms with Crippen LogP contribution in [0.15, 0.2) is 30.3 Å². The van der Waals surface area contributed by atoms with E-state index in [4.69, 9.17) is 0 Å². The molecule has 0 bridgehead atoms. The van der Waals surface area contributed by atoms with E-state index in [9.17, 15) is 4.39 Å². The van der Waals surface area contributed by atoms with Crippen LogP contribution in [-0.4, -0.2) is 29.0 Å². The van der Waals surface area contributed by atoms with Crippen molar-refractivity contribution in [3.8, 4) is 11.4 Å². The van der Waals surface area contributed by atoms with Crippen LogP contribution in [0.2, 0.25) is 0 Å². The van der Waals surface area contributed by atoms with Crippen molar-refractivity contribution >= 4 is 17.0 Å². The number of aromatic amines is 1. The fraction of sp³-hybridized carbons (Fsp3) is 0.200. The topological polar surface area (TPSA) is 44.8 Å². The van der Waals surface area contributed by atoms with E-state index < -0.39 is 0 Å². The molecule has 2 heterocycles. The molecule has 2 aromatic heterocycles. The lowest BCUT2D eigenvalue weighted by Gasteiger charge is -2.09. The lowest BCUT2D eigenvalue weighted by atomic mass is 10.1. The Morgan fingerprint density at radius 3 is 2.60 bits per heavy atom. The van der Waals surface area contributed by atoms with Crippen LogP contribution in [0.25, 0.3) is 22.6 Å². The molecule has 1 N–H and O–H groups in total. The van der Waals surface area contributed by atoms with E-state index in [2.05, 4.69) is 15.0 Å². The fourth-order valence-electron chi connectivity index (χ4n) is 2.06. The Hall–Kier alpha value is -2.43. The molecule has 4 nitrogen and oxygen atoms in total. The van der Waals surface area contributed by atoms with Crippen molar-refractivity contribution in [3.05, 3.63) is 41.7 Å². The van der Waals surface area contributed by atoms with Crippen LogP contribution in [0.1, 0.15) is 5.56 Å². The lowest BCUT2D eigenvalue weighted by Crippen LogP contribution is -2.10. The molecule has 0 amide bonds. The number of benzene rings is 1. The van der Waals surface area contributed by atoms with Crippen LogP contribution >= 0.6 is 0 Å². The molecule has 0 fully saturated rings. The molecule has 0 atom stereocenters. The highest BCUT2D eigenvalue weighted by Gasteiger charge is 2.09. The summed E-state index contributed by atoms with van der Waals surface area (Å²) in [4.78, 5) is 14.1. The van der Waals surface area contributed by atoms with Gasteiger partial charge < -0.3 is 9.88 Å². The number of aryl methyl sites for hydroxylation is 1. The summed E-state index contributed by atoms with van der Waals surface area (Å²) in [6.07, 6.45) is 0. The second kappa shape index (κ2) is 4.59. The summed E-state index contributed by atoms with van der Waals surface area (Å²) in [6.45, 7) is 1.74. The van der Waals surface area contributed by atoms with E-state index in [0.29, 0.717) is 17.0 Å². The molecule has 1 aromatic carbocycles. The Kier molecular flexibility index (Phi) is 2.89. The number of H-pyrrole nitrogens is 1. The Morgan fingerprint density at radius 1 is 1.10 bits per heavy atom. The zero-order valence-electron chi connectivity index (χ0n) is 11.6. The van der Waals surface area contributed by atoms with Crippen molar-refractivity contribution in [3.63, 3.8) is 0 Å². The second-order valence-electron chi connectivity index (χ2n) is 4.98. The Labute approximate surface area is 116 Å². The lowest BCUT2D eigenvalue weighted by molar-refractivity contribution is 0.618. The molecule has 0 saturated heterocycles. The molecule has 0 aliphatic carbocycles. The van der Waals surface area contributed by atoms with Crippen LogP contribution < -0.4 is 4.90 Å². The monoisotopic (exact) mass is 270 g/mol. The van der Waals surface area contributed by atoms with E-state index in [1.807, 2.05) is 31.1 Å². The molecule has 3 rings (SSSR count). The van der Waals surface area contributed by atoms with Gasteiger partial charge in [0.2, 0.25) is 0 Å². The molecule has 3 aromatic rings. The van der Waals surface area contributed by atoms with E-state index in [-0.39, 0.29) is 5.82 Å². The van der Waals surface area contributed by atoms with Crippen molar-refractivity contribution < 1.29 is 4.39 Å². The summed E-state index contributed by atoms with van der Waals surface area (Å²) in [5.74, 6) is 1.34. The van der Waals surface area contributed by atoms with Crippen molar-refractivity contribution in [2.75, 3.05) is 19.0 Å². The Bertz CT molecular complexity index is 777. The van der Waals surface area contributed by atoms with Crippen LogP contribution in [0.4, 0.5) is 10.2 Å². The summed E-state index contributed by atoms with van der Waals surface area (Å²) < 4.78 is 13.3. The van der Waals surface area contributed by atoms with Crippen molar-refractivity contribution in [1.82, 2.24) is 15.0 Å². The highest BCUT2D eigenvalue weighted by atomic mass is 19.1.